The van der Waals surface area contributed by atoms with Crippen molar-refractivity contribution >= 4 is 27.5 Å². The Morgan fingerprint density at radius 1 is 1.00 bits per heavy atom. The Balaban J connectivity index is 2.16. The minimum absolute atomic E-state index is 0.169. The average Bonchev–Trinajstić information content (AvgIpc) is 2.45. The molecule has 1 aliphatic carbocycles. The Morgan fingerprint density at radius 2 is 1.84 bits per heavy atom. The first kappa shape index (κ1) is 11.9. The number of nitrogens with zero attached hydrogens (tertiary/aromatic N) is 2. The highest BCUT2D eigenvalue weighted by Crippen LogP contribution is 2.25. The first-order chi connectivity index (χ1) is 9.16. The van der Waals surface area contributed by atoms with Gasteiger partial charge >= 0.3 is 0 Å². The quantitative estimate of drug-likeness (QED) is 0.812. The zero-order valence-electron chi connectivity index (χ0n) is 9.63. The van der Waals surface area contributed by atoms with Crippen LogP contribution in [0, 0.1) is 0 Å². The number of aromatic nitrogens is 2. The minimum atomic E-state index is -0.285. The van der Waals surface area contributed by atoms with Crippen LogP contribution < -0.4 is 0 Å². The molecule has 0 aromatic carbocycles. The second-order valence-corrected chi connectivity index (χ2v) is 4.85. The van der Waals surface area contributed by atoms with Crippen molar-refractivity contribution < 1.29 is 9.59 Å². The van der Waals surface area contributed by atoms with Crippen molar-refractivity contribution in [2.75, 3.05) is 0 Å². The van der Waals surface area contributed by atoms with Crippen LogP contribution in [0.2, 0.25) is 0 Å². The molecule has 0 aliphatic heterocycles. The Labute approximate surface area is 117 Å². The van der Waals surface area contributed by atoms with Crippen molar-refractivity contribution in [2.45, 2.75) is 0 Å². The monoisotopic (exact) mass is 314 g/mol. The first-order valence-electron chi connectivity index (χ1n) is 5.55. The van der Waals surface area contributed by atoms with Crippen LogP contribution in [-0.4, -0.2) is 21.5 Å². The number of ketones is 2. The smallest absolute Gasteiger partial charge is 0.219 e. The number of Topliss-reactive ketones (excluding diaryl/α,β-unsaturated/α-hetero) is 1. The molecule has 92 valence electrons. The van der Waals surface area contributed by atoms with E-state index < -0.39 is 0 Å². The zero-order chi connectivity index (χ0) is 13.4. The third-order valence-electron chi connectivity index (χ3n) is 2.78. The maximum Gasteiger partial charge on any atom is 0.219 e. The molecule has 1 aliphatic rings. The van der Waals surface area contributed by atoms with Crippen LogP contribution in [0.15, 0.2) is 47.1 Å². The molecule has 0 N–H and O–H groups in total. The van der Waals surface area contributed by atoms with Crippen molar-refractivity contribution in [3.05, 3.63) is 58.3 Å². The molecule has 4 nitrogen and oxygen atoms in total. The summed E-state index contributed by atoms with van der Waals surface area (Å²) < 4.78 is 0.232. The van der Waals surface area contributed by atoms with Crippen molar-refractivity contribution in [3.63, 3.8) is 0 Å². The first-order valence-corrected chi connectivity index (χ1v) is 6.35. The molecule has 0 unspecified atom stereocenters. The van der Waals surface area contributed by atoms with Gasteiger partial charge in [0.1, 0.15) is 5.69 Å². The summed E-state index contributed by atoms with van der Waals surface area (Å²) in [7, 11) is 0. The molecule has 19 heavy (non-hydrogen) atoms. The molecule has 2 heterocycles. The van der Waals surface area contributed by atoms with Crippen LogP contribution in [0.25, 0.3) is 11.4 Å². The minimum Gasteiger partial charge on any atom is -0.289 e. The number of carbonyl (C=O) groups excluding carboxylic acids is 2. The summed E-state index contributed by atoms with van der Waals surface area (Å²) in [6.07, 6.45) is 2.92. The Bertz CT molecular complexity index is 723. The number of carbonyl (C=O) groups is 2. The fraction of sp³-hybridized carbons (Fsp3) is 0. The molecule has 2 aromatic rings. The summed E-state index contributed by atoms with van der Waals surface area (Å²) in [5.74, 6) is -0.506. The van der Waals surface area contributed by atoms with Crippen molar-refractivity contribution in [1.29, 1.82) is 0 Å². The number of halogens is 1. The Hall–Kier alpha value is -2.14. The lowest BCUT2D eigenvalue weighted by atomic mass is 9.99. The summed E-state index contributed by atoms with van der Waals surface area (Å²) in [4.78, 5) is 32.2. The zero-order valence-corrected chi connectivity index (χ0v) is 11.2. The predicted molar refractivity (Wildman–Crippen MR) is 73.1 cm³/mol. The lowest BCUT2D eigenvalue weighted by molar-refractivity contribution is 0.0988. The lowest BCUT2D eigenvalue weighted by Crippen LogP contribution is -2.16. The van der Waals surface area contributed by atoms with Gasteiger partial charge in [-0.2, -0.15) is 0 Å². The average molecular weight is 315 g/mol. The van der Waals surface area contributed by atoms with Crippen molar-refractivity contribution in [3.8, 4) is 11.4 Å². The van der Waals surface area contributed by atoms with Gasteiger partial charge in [-0.05, 0) is 40.2 Å². The molecule has 0 saturated heterocycles. The summed E-state index contributed by atoms with van der Waals surface area (Å²) in [6, 6.07) is 8.75. The molecule has 3 rings (SSSR count). The van der Waals surface area contributed by atoms with Gasteiger partial charge in [-0.15, -0.1) is 0 Å². The third-order valence-corrected chi connectivity index (χ3v) is 3.37. The highest BCUT2D eigenvalue weighted by Gasteiger charge is 2.26. The maximum absolute atomic E-state index is 12.0. The van der Waals surface area contributed by atoms with E-state index in [1.165, 1.54) is 6.08 Å². The second kappa shape index (κ2) is 4.51. The summed E-state index contributed by atoms with van der Waals surface area (Å²) in [6.45, 7) is 0. The number of fused-ring (bicyclic) bond motifs is 1. The Morgan fingerprint density at radius 3 is 2.58 bits per heavy atom. The van der Waals surface area contributed by atoms with Crippen molar-refractivity contribution in [2.24, 2.45) is 0 Å². The number of allylic oxidation sites excluding steroid dienone is 2. The standard InChI is InChI=1S/C14H7BrN2O2/c15-9-7-12(18)8-4-5-11(17-13(8)14(9)19)10-3-1-2-6-16-10/h1-7H. The van der Waals surface area contributed by atoms with Gasteiger partial charge in [0, 0.05) is 12.3 Å². The van der Waals surface area contributed by atoms with Gasteiger partial charge in [-0.1, -0.05) is 6.07 Å². The van der Waals surface area contributed by atoms with Crippen molar-refractivity contribution in [1.82, 2.24) is 9.97 Å². The molecule has 0 radical (unpaired) electrons. The summed E-state index contributed by atoms with van der Waals surface area (Å²) >= 11 is 3.08. The number of pyridine rings is 2. The molecule has 0 fully saturated rings. The summed E-state index contributed by atoms with van der Waals surface area (Å²) in [5, 5.41) is 0. The molecule has 5 heteroatoms. The predicted octanol–water partition coefficient (Wildman–Crippen LogP) is 2.80. The molecule has 0 bridgehead atoms. The topological polar surface area (TPSA) is 59.9 Å². The number of rotatable bonds is 1. The van der Waals surface area contributed by atoms with Gasteiger partial charge in [0.05, 0.1) is 21.4 Å². The fourth-order valence-electron chi connectivity index (χ4n) is 1.86. The van der Waals surface area contributed by atoms with Crippen LogP contribution in [0.1, 0.15) is 20.8 Å². The fourth-order valence-corrected chi connectivity index (χ4v) is 2.26. The van der Waals surface area contributed by atoms with Gasteiger partial charge in [0.15, 0.2) is 5.78 Å². The van der Waals surface area contributed by atoms with E-state index in [4.69, 9.17) is 0 Å². The van der Waals surface area contributed by atoms with E-state index in [1.54, 1.807) is 30.5 Å². The summed E-state index contributed by atoms with van der Waals surface area (Å²) in [5.41, 5.74) is 1.73. The van der Waals surface area contributed by atoms with Crippen LogP contribution in [0.5, 0.6) is 0 Å². The van der Waals surface area contributed by atoms with E-state index in [-0.39, 0.29) is 21.7 Å². The van der Waals surface area contributed by atoms with E-state index in [9.17, 15) is 9.59 Å². The van der Waals surface area contributed by atoms with Gasteiger partial charge in [0.2, 0.25) is 5.78 Å². The van der Waals surface area contributed by atoms with Crippen LogP contribution >= 0.6 is 15.9 Å². The molecule has 0 atom stereocenters. The van der Waals surface area contributed by atoms with E-state index >= 15 is 0 Å². The molecule has 0 amide bonds. The van der Waals surface area contributed by atoms with E-state index in [1.807, 2.05) is 6.07 Å². The Kier molecular flexibility index (Phi) is 2.83. The van der Waals surface area contributed by atoms with Crippen LogP contribution in [0.4, 0.5) is 0 Å². The highest BCUT2D eigenvalue weighted by atomic mass is 79.9. The third kappa shape index (κ3) is 2.02. The maximum atomic E-state index is 12.0. The number of hydrogen-bond acceptors (Lipinski definition) is 4. The van der Waals surface area contributed by atoms with E-state index in [0.29, 0.717) is 17.0 Å². The highest BCUT2D eigenvalue weighted by molar-refractivity contribution is 9.12. The van der Waals surface area contributed by atoms with E-state index in [0.717, 1.165) is 0 Å². The van der Waals surface area contributed by atoms with Gasteiger partial charge < -0.3 is 0 Å². The molecule has 0 spiro atoms. The lowest BCUT2D eigenvalue weighted by Gasteiger charge is -2.11. The van der Waals surface area contributed by atoms with Crippen LogP contribution in [-0.2, 0) is 0 Å². The molecular formula is C14H7BrN2O2. The second-order valence-electron chi connectivity index (χ2n) is 3.99. The molecule has 2 aromatic heterocycles. The van der Waals surface area contributed by atoms with Gasteiger partial charge in [-0.3, -0.25) is 14.6 Å². The number of hydrogen-bond donors (Lipinski definition) is 0. The van der Waals surface area contributed by atoms with E-state index in [2.05, 4.69) is 25.9 Å². The SMILES string of the molecule is O=C1C=C(Br)C(=O)c2nc(-c3ccccn3)ccc21. The van der Waals surface area contributed by atoms with Crippen LogP contribution in [0.3, 0.4) is 0 Å². The molecular weight excluding hydrogens is 308 g/mol. The van der Waals surface area contributed by atoms with Gasteiger partial charge in [0.25, 0.3) is 0 Å². The van der Waals surface area contributed by atoms with Gasteiger partial charge in [-0.25, -0.2) is 4.98 Å². The molecule has 0 saturated carbocycles. The largest absolute Gasteiger partial charge is 0.289 e. The normalized spacial score (nSPS) is 14.1.